The quantitative estimate of drug-likeness (QED) is 0.631. The maximum Gasteiger partial charge on any atom is 0.330 e. The normalized spacial score (nSPS) is 15.0. The molecule has 0 radical (unpaired) electrons. The van der Waals surface area contributed by atoms with E-state index in [-0.39, 0.29) is 23.9 Å². The van der Waals surface area contributed by atoms with Crippen LogP contribution in [-0.2, 0) is 4.79 Å². The van der Waals surface area contributed by atoms with Gasteiger partial charge in [-0.2, -0.15) is 0 Å². The van der Waals surface area contributed by atoms with E-state index in [0.29, 0.717) is 0 Å². The first-order valence-electron chi connectivity index (χ1n) is 11.5. The van der Waals surface area contributed by atoms with Gasteiger partial charge >= 0.3 is 6.03 Å². The van der Waals surface area contributed by atoms with Crippen LogP contribution in [-0.4, -0.2) is 48.6 Å². The summed E-state index contributed by atoms with van der Waals surface area (Å²) in [7, 11) is 3.41. The van der Waals surface area contributed by atoms with Gasteiger partial charge in [0.25, 0.3) is 0 Å². The van der Waals surface area contributed by atoms with E-state index in [4.69, 9.17) is 0 Å². The summed E-state index contributed by atoms with van der Waals surface area (Å²) >= 11 is 0. The van der Waals surface area contributed by atoms with Crippen molar-refractivity contribution in [2.75, 3.05) is 32.1 Å². The van der Waals surface area contributed by atoms with Crippen LogP contribution in [0.1, 0.15) is 43.9 Å². The van der Waals surface area contributed by atoms with Gasteiger partial charge in [0.05, 0.1) is 11.2 Å². The van der Waals surface area contributed by atoms with Gasteiger partial charge in [-0.15, -0.1) is 0 Å². The number of nitrogens with zero attached hydrogens (tertiary/aromatic N) is 3. The van der Waals surface area contributed by atoms with Gasteiger partial charge in [-0.05, 0) is 76.9 Å². The number of nitrogens with one attached hydrogen (secondary N) is 1. The van der Waals surface area contributed by atoms with Crippen LogP contribution in [0.2, 0.25) is 0 Å². The van der Waals surface area contributed by atoms with Gasteiger partial charge in [0, 0.05) is 42.3 Å². The summed E-state index contributed by atoms with van der Waals surface area (Å²) in [4.78, 5) is 30.0. The highest BCUT2D eigenvalue weighted by Crippen LogP contribution is 2.40. The highest BCUT2D eigenvalue weighted by Gasteiger charge is 2.34. The summed E-state index contributed by atoms with van der Waals surface area (Å²) in [5, 5.41) is 5.58. The number of piperidine rings is 1. The lowest BCUT2D eigenvalue weighted by atomic mass is 9.94. The molecule has 3 amide bonds. The zero-order chi connectivity index (χ0) is 23.2. The van der Waals surface area contributed by atoms with Crippen LogP contribution in [0.3, 0.4) is 0 Å². The number of aromatic nitrogens is 1. The Kier molecular flexibility index (Phi) is 5.99. The third kappa shape index (κ3) is 3.56. The lowest BCUT2D eigenvalue weighted by Gasteiger charge is -2.32. The number of urea groups is 1. The van der Waals surface area contributed by atoms with Crippen LogP contribution in [0.25, 0.3) is 21.8 Å². The first-order chi connectivity index (χ1) is 15.2. The molecule has 6 nitrogen and oxygen atoms in total. The number of carbonyl (C=O) groups excluding carboxylic acids is 2. The molecule has 1 aromatic heterocycles. The van der Waals surface area contributed by atoms with E-state index < -0.39 is 0 Å². The Morgan fingerprint density at radius 2 is 1.72 bits per heavy atom. The molecule has 0 bridgehead atoms. The Bertz CT molecular complexity index is 1190. The summed E-state index contributed by atoms with van der Waals surface area (Å²) < 4.78 is 2.35. The van der Waals surface area contributed by atoms with Gasteiger partial charge in [-0.1, -0.05) is 18.2 Å². The standard InChI is InChI=1S/C26H34N4O2/c1-16(2)29-21-10-8-7-9-20(21)23-18(4)24(17(3)15-22(23)29)30(26(32)28(5)6)25(31)19-11-13-27-14-12-19/h7-10,15-16,19,27H,11-14H2,1-6H3. The SMILES string of the molecule is Cc1cc2c(c(C)c1N(C(=O)C1CCNCC1)C(=O)N(C)C)c1ccccc1n2C(C)C. The van der Waals surface area contributed by atoms with E-state index in [2.05, 4.69) is 48.0 Å². The molecule has 0 unspecified atom stereocenters. The molecule has 32 heavy (non-hydrogen) atoms. The second-order valence-electron chi connectivity index (χ2n) is 9.42. The average Bonchev–Trinajstić information content (AvgIpc) is 3.10. The van der Waals surface area contributed by atoms with Crippen LogP contribution < -0.4 is 10.2 Å². The van der Waals surface area contributed by atoms with Crippen molar-refractivity contribution in [1.29, 1.82) is 0 Å². The number of carbonyl (C=O) groups is 2. The maximum absolute atomic E-state index is 13.7. The van der Waals surface area contributed by atoms with E-state index in [9.17, 15) is 9.59 Å². The van der Waals surface area contributed by atoms with E-state index in [1.54, 1.807) is 14.1 Å². The number of hydrogen-bond donors (Lipinski definition) is 1. The fourth-order valence-electron chi connectivity index (χ4n) is 5.16. The van der Waals surface area contributed by atoms with Crippen molar-refractivity contribution in [1.82, 2.24) is 14.8 Å². The molecule has 0 spiro atoms. The van der Waals surface area contributed by atoms with Crippen LogP contribution in [0.5, 0.6) is 0 Å². The van der Waals surface area contributed by atoms with Gasteiger partial charge in [0.2, 0.25) is 5.91 Å². The van der Waals surface area contributed by atoms with Crippen LogP contribution in [0, 0.1) is 19.8 Å². The largest absolute Gasteiger partial charge is 0.338 e. The highest BCUT2D eigenvalue weighted by atomic mass is 16.2. The summed E-state index contributed by atoms with van der Waals surface area (Å²) in [6.07, 6.45) is 1.51. The lowest BCUT2D eigenvalue weighted by Crippen LogP contribution is -2.48. The van der Waals surface area contributed by atoms with Crippen LogP contribution >= 0.6 is 0 Å². The third-order valence-corrected chi connectivity index (χ3v) is 6.63. The van der Waals surface area contributed by atoms with Crippen LogP contribution in [0.15, 0.2) is 30.3 Å². The topological polar surface area (TPSA) is 57.6 Å². The molecule has 3 aromatic rings. The number of para-hydroxylation sites is 1. The summed E-state index contributed by atoms with van der Waals surface area (Å²) in [6.45, 7) is 10.0. The van der Waals surface area contributed by atoms with Crippen molar-refractivity contribution in [3.63, 3.8) is 0 Å². The molecular weight excluding hydrogens is 400 g/mol. The Labute approximate surface area is 190 Å². The molecular formula is C26H34N4O2. The number of anilines is 1. The molecule has 2 aromatic carbocycles. The van der Waals surface area contributed by atoms with Gasteiger partial charge in [-0.25, -0.2) is 9.69 Å². The van der Waals surface area contributed by atoms with Crippen molar-refractivity contribution in [2.24, 2.45) is 5.92 Å². The maximum atomic E-state index is 13.7. The minimum absolute atomic E-state index is 0.0941. The molecule has 1 aliphatic heterocycles. The van der Waals surface area contributed by atoms with Gasteiger partial charge in [0.15, 0.2) is 0 Å². The minimum Gasteiger partial charge on any atom is -0.338 e. The Hall–Kier alpha value is -2.86. The zero-order valence-corrected chi connectivity index (χ0v) is 20.0. The summed E-state index contributed by atoms with van der Waals surface area (Å²) in [5.74, 6) is -0.241. The molecule has 2 heterocycles. The number of fused-ring (bicyclic) bond motifs is 3. The fraction of sp³-hybridized carbons (Fsp3) is 0.462. The van der Waals surface area contributed by atoms with Crippen molar-refractivity contribution >= 4 is 39.4 Å². The molecule has 0 aliphatic carbocycles. The van der Waals surface area contributed by atoms with Crippen molar-refractivity contribution in [2.45, 2.75) is 46.6 Å². The Morgan fingerprint density at radius 1 is 1.06 bits per heavy atom. The van der Waals surface area contributed by atoms with Crippen molar-refractivity contribution < 1.29 is 9.59 Å². The number of hydrogen-bond acceptors (Lipinski definition) is 3. The average molecular weight is 435 g/mol. The van der Waals surface area contributed by atoms with Crippen LogP contribution in [0.4, 0.5) is 10.5 Å². The smallest absolute Gasteiger partial charge is 0.330 e. The molecule has 1 saturated heterocycles. The molecule has 0 atom stereocenters. The Morgan fingerprint density at radius 3 is 2.34 bits per heavy atom. The molecule has 4 rings (SSSR count). The number of amides is 3. The first-order valence-corrected chi connectivity index (χ1v) is 11.5. The van der Waals surface area contributed by atoms with Gasteiger partial charge in [0.1, 0.15) is 0 Å². The van der Waals surface area contributed by atoms with E-state index >= 15 is 0 Å². The fourth-order valence-corrected chi connectivity index (χ4v) is 5.16. The van der Waals surface area contributed by atoms with E-state index in [1.165, 1.54) is 15.3 Å². The number of imide groups is 1. The highest BCUT2D eigenvalue weighted by molar-refractivity contribution is 6.19. The molecule has 6 heteroatoms. The second-order valence-corrected chi connectivity index (χ2v) is 9.42. The van der Waals surface area contributed by atoms with Gasteiger partial charge in [-0.3, -0.25) is 4.79 Å². The number of benzene rings is 2. The molecule has 1 N–H and O–H groups in total. The zero-order valence-electron chi connectivity index (χ0n) is 20.0. The van der Waals surface area contributed by atoms with Crippen molar-refractivity contribution in [3.8, 4) is 0 Å². The third-order valence-electron chi connectivity index (χ3n) is 6.63. The number of rotatable bonds is 3. The summed E-state index contributed by atoms with van der Waals surface area (Å²) in [5.41, 5.74) is 4.97. The predicted octanol–water partition coefficient (Wildman–Crippen LogP) is 5.01. The van der Waals surface area contributed by atoms with E-state index in [0.717, 1.165) is 59.0 Å². The Balaban J connectivity index is 1.99. The monoisotopic (exact) mass is 434 g/mol. The predicted molar refractivity (Wildman–Crippen MR) is 131 cm³/mol. The molecule has 1 fully saturated rings. The first kappa shape index (κ1) is 22.3. The minimum atomic E-state index is -0.285. The molecule has 0 saturated carbocycles. The second kappa shape index (κ2) is 8.58. The molecule has 1 aliphatic rings. The molecule has 170 valence electrons. The lowest BCUT2D eigenvalue weighted by molar-refractivity contribution is -0.122. The summed E-state index contributed by atoms with van der Waals surface area (Å²) in [6, 6.07) is 10.5. The van der Waals surface area contributed by atoms with Gasteiger partial charge < -0.3 is 14.8 Å². The number of aryl methyl sites for hydroxylation is 2. The van der Waals surface area contributed by atoms with Crippen molar-refractivity contribution in [3.05, 3.63) is 41.5 Å². The van der Waals surface area contributed by atoms with E-state index in [1.807, 2.05) is 19.9 Å².